The molecule has 0 aliphatic heterocycles. The van der Waals surface area contributed by atoms with Crippen LogP contribution in [-0.2, 0) is 6.54 Å². The molecule has 0 bridgehead atoms. The Morgan fingerprint density at radius 2 is 2.24 bits per heavy atom. The SMILES string of the molecule is CCCn1nccc1-c1ccc(C=O)c(F)c1. The van der Waals surface area contributed by atoms with E-state index >= 15 is 0 Å². The third kappa shape index (κ3) is 2.25. The molecule has 2 rings (SSSR count). The van der Waals surface area contributed by atoms with Gasteiger partial charge in [-0.1, -0.05) is 13.0 Å². The summed E-state index contributed by atoms with van der Waals surface area (Å²) in [6.07, 6.45) is 3.17. The summed E-state index contributed by atoms with van der Waals surface area (Å²) in [5.74, 6) is -0.498. The highest BCUT2D eigenvalue weighted by molar-refractivity contribution is 5.77. The summed E-state index contributed by atoms with van der Waals surface area (Å²) in [5.41, 5.74) is 1.68. The second-order valence-corrected chi connectivity index (χ2v) is 3.79. The van der Waals surface area contributed by atoms with Crippen molar-refractivity contribution in [2.45, 2.75) is 19.9 Å². The maximum Gasteiger partial charge on any atom is 0.152 e. The Kier molecular flexibility index (Phi) is 3.32. The lowest BCUT2D eigenvalue weighted by Crippen LogP contribution is -2.01. The first-order valence-corrected chi connectivity index (χ1v) is 5.53. The molecule has 17 heavy (non-hydrogen) atoms. The lowest BCUT2D eigenvalue weighted by Gasteiger charge is -2.06. The van der Waals surface area contributed by atoms with Crippen LogP contribution in [0.25, 0.3) is 11.3 Å². The summed E-state index contributed by atoms with van der Waals surface area (Å²) < 4.78 is 15.3. The largest absolute Gasteiger partial charge is 0.298 e. The standard InChI is InChI=1S/C13H13FN2O/c1-2-7-16-13(5-6-15-16)10-3-4-11(9-17)12(14)8-10/h3-6,8-9H,2,7H2,1H3. The van der Waals surface area contributed by atoms with Crippen LogP contribution in [0.4, 0.5) is 4.39 Å². The number of hydrogen-bond acceptors (Lipinski definition) is 2. The molecule has 0 N–H and O–H groups in total. The molecule has 0 unspecified atom stereocenters. The number of carbonyl (C=O) groups is 1. The molecule has 0 aliphatic rings. The van der Waals surface area contributed by atoms with Crippen molar-refractivity contribution in [1.82, 2.24) is 9.78 Å². The van der Waals surface area contributed by atoms with Gasteiger partial charge in [-0.2, -0.15) is 5.10 Å². The van der Waals surface area contributed by atoms with Crippen LogP contribution in [0.1, 0.15) is 23.7 Å². The van der Waals surface area contributed by atoms with E-state index in [1.807, 2.05) is 10.7 Å². The summed E-state index contributed by atoms with van der Waals surface area (Å²) >= 11 is 0. The summed E-state index contributed by atoms with van der Waals surface area (Å²) in [6, 6.07) is 6.43. The second kappa shape index (κ2) is 4.91. The molecular weight excluding hydrogens is 219 g/mol. The van der Waals surface area contributed by atoms with Gasteiger partial charge in [0.15, 0.2) is 6.29 Å². The first-order valence-electron chi connectivity index (χ1n) is 5.53. The molecule has 1 aromatic heterocycles. The first-order chi connectivity index (χ1) is 8.26. The van der Waals surface area contributed by atoms with Gasteiger partial charge >= 0.3 is 0 Å². The molecule has 0 saturated carbocycles. The number of carbonyl (C=O) groups excluding carboxylic acids is 1. The average molecular weight is 232 g/mol. The van der Waals surface area contributed by atoms with Gasteiger partial charge in [0.2, 0.25) is 0 Å². The van der Waals surface area contributed by atoms with E-state index in [0.29, 0.717) is 6.29 Å². The van der Waals surface area contributed by atoms with E-state index in [-0.39, 0.29) is 5.56 Å². The monoisotopic (exact) mass is 232 g/mol. The molecular formula is C13H13FN2O. The Balaban J connectivity index is 2.42. The molecule has 0 amide bonds. The van der Waals surface area contributed by atoms with E-state index < -0.39 is 5.82 Å². The predicted octanol–water partition coefficient (Wildman–Crippen LogP) is 2.91. The minimum absolute atomic E-state index is 0.0790. The van der Waals surface area contributed by atoms with Gasteiger partial charge in [-0.3, -0.25) is 9.48 Å². The van der Waals surface area contributed by atoms with Gasteiger partial charge in [-0.25, -0.2) is 4.39 Å². The van der Waals surface area contributed by atoms with Gasteiger partial charge in [0, 0.05) is 18.3 Å². The highest BCUT2D eigenvalue weighted by Crippen LogP contribution is 2.21. The Hall–Kier alpha value is -1.97. The number of aryl methyl sites for hydroxylation is 1. The van der Waals surface area contributed by atoms with Crippen molar-refractivity contribution < 1.29 is 9.18 Å². The van der Waals surface area contributed by atoms with E-state index in [1.165, 1.54) is 12.1 Å². The molecule has 3 nitrogen and oxygen atoms in total. The molecule has 0 fully saturated rings. The normalized spacial score (nSPS) is 10.5. The van der Waals surface area contributed by atoms with Gasteiger partial charge in [-0.05, 0) is 24.6 Å². The van der Waals surface area contributed by atoms with Crippen LogP contribution in [0.5, 0.6) is 0 Å². The fraction of sp³-hybridized carbons (Fsp3) is 0.231. The number of rotatable bonds is 4. The van der Waals surface area contributed by atoms with Crippen molar-refractivity contribution >= 4 is 6.29 Å². The van der Waals surface area contributed by atoms with Crippen molar-refractivity contribution in [3.8, 4) is 11.3 Å². The van der Waals surface area contributed by atoms with Crippen LogP contribution in [0.15, 0.2) is 30.5 Å². The zero-order valence-corrected chi connectivity index (χ0v) is 9.56. The van der Waals surface area contributed by atoms with Crippen molar-refractivity contribution in [3.63, 3.8) is 0 Å². The van der Waals surface area contributed by atoms with Crippen LogP contribution in [0.3, 0.4) is 0 Å². The zero-order valence-electron chi connectivity index (χ0n) is 9.56. The molecule has 0 saturated heterocycles. The quantitative estimate of drug-likeness (QED) is 0.760. The molecule has 88 valence electrons. The molecule has 0 atom stereocenters. The van der Waals surface area contributed by atoms with Crippen molar-refractivity contribution in [2.24, 2.45) is 0 Å². The van der Waals surface area contributed by atoms with E-state index in [0.717, 1.165) is 24.2 Å². The Morgan fingerprint density at radius 3 is 2.88 bits per heavy atom. The Morgan fingerprint density at radius 1 is 1.41 bits per heavy atom. The second-order valence-electron chi connectivity index (χ2n) is 3.79. The number of aldehydes is 1. The van der Waals surface area contributed by atoms with E-state index in [2.05, 4.69) is 12.0 Å². The number of benzene rings is 1. The Bertz CT molecular complexity index is 534. The van der Waals surface area contributed by atoms with Crippen molar-refractivity contribution in [1.29, 1.82) is 0 Å². The predicted molar refractivity (Wildman–Crippen MR) is 63.3 cm³/mol. The summed E-state index contributed by atoms with van der Waals surface area (Å²) in [4.78, 5) is 10.5. The highest BCUT2D eigenvalue weighted by Gasteiger charge is 2.08. The topological polar surface area (TPSA) is 34.9 Å². The molecule has 0 radical (unpaired) electrons. The minimum Gasteiger partial charge on any atom is -0.298 e. The summed E-state index contributed by atoms with van der Waals surface area (Å²) in [6.45, 7) is 2.85. The van der Waals surface area contributed by atoms with E-state index in [4.69, 9.17) is 0 Å². The molecule has 4 heteroatoms. The molecule has 0 spiro atoms. The van der Waals surface area contributed by atoms with Crippen LogP contribution in [-0.4, -0.2) is 16.1 Å². The third-order valence-corrected chi connectivity index (χ3v) is 2.58. The van der Waals surface area contributed by atoms with Gasteiger partial charge < -0.3 is 0 Å². The fourth-order valence-electron chi connectivity index (χ4n) is 1.75. The van der Waals surface area contributed by atoms with Crippen LogP contribution >= 0.6 is 0 Å². The molecule has 2 aromatic rings. The molecule has 1 aromatic carbocycles. The van der Waals surface area contributed by atoms with E-state index in [9.17, 15) is 9.18 Å². The van der Waals surface area contributed by atoms with Crippen LogP contribution in [0.2, 0.25) is 0 Å². The van der Waals surface area contributed by atoms with Gasteiger partial charge in [0.05, 0.1) is 11.3 Å². The zero-order chi connectivity index (χ0) is 12.3. The average Bonchev–Trinajstić information content (AvgIpc) is 2.78. The number of aromatic nitrogens is 2. The van der Waals surface area contributed by atoms with Crippen molar-refractivity contribution in [2.75, 3.05) is 0 Å². The maximum atomic E-state index is 13.5. The summed E-state index contributed by atoms with van der Waals surface area (Å²) in [7, 11) is 0. The Labute approximate surface area is 98.9 Å². The van der Waals surface area contributed by atoms with Crippen LogP contribution < -0.4 is 0 Å². The number of hydrogen-bond donors (Lipinski definition) is 0. The van der Waals surface area contributed by atoms with Crippen LogP contribution in [0, 0.1) is 5.82 Å². The lowest BCUT2D eigenvalue weighted by atomic mass is 10.1. The third-order valence-electron chi connectivity index (χ3n) is 2.58. The first kappa shape index (κ1) is 11.5. The number of halogens is 1. The molecule has 0 aliphatic carbocycles. The minimum atomic E-state index is -0.498. The summed E-state index contributed by atoms with van der Waals surface area (Å²) in [5, 5.41) is 4.18. The lowest BCUT2D eigenvalue weighted by molar-refractivity contribution is 0.112. The smallest absolute Gasteiger partial charge is 0.152 e. The van der Waals surface area contributed by atoms with E-state index in [1.54, 1.807) is 12.3 Å². The van der Waals surface area contributed by atoms with Gasteiger partial charge in [0.25, 0.3) is 0 Å². The highest BCUT2D eigenvalue weighted by atomic mass is 19.1. The fourth-order valence-corrected chi connectivity index (χ4v) is 1.75. The maximum absolute atomic E-state index is 13.5. The molecule has 1 heterocycles. The number of nitrogens with zero attached hydrogens (tertiary/aromatic N) is 2. The van der Waals surface area contributed by atoms with Gasteiger partial charge in [-0.15, -0.1) is 0 Å². The van der Waals surface area contributed by atoms with Crippen molar-refractivity contribution in [3.05, 3.63) is 41.8 Å². The van der Waals surface area contributed by atoms with Gasteiger partial charge in [0.1, 0.15) is 5.82 Å².